The predicted octanol–water partition coefficient (Wildman–Crippen LogP) is 2.17. The van der Waals surface area contributed by atoms with Crippen molar-refractivity contribution >= 4 is 27.1 Å². The van der Waals surface area contributed by atoms with Crippen LogP contribution in [0.25, 0.3) is 0 Å². The number of anilines is 2. The standard InChI is InChI=1S/C19H29N3O3S/c1-15(21-19(2)10-13-26(24,25)14-19)18(23)20-16-6-8-17(9-7-16)22-11-4-3-5-12-22/h6-9,15,21H,3-5,10-14H2,1-2H3,(H,20,23). The highest BCUT2D eigenvalue weighted by atomic mass is 32.2. The van der Waals surface area contributed by atoms with E-state index in [1.54, 1.807) is 6.92 Å². The van der Waals surface area contributed by atoms with Crippen molar-refractivity contribution in [1.29, 1.82) is 0 Å². The lowest BCUT2D eigenvalue weighted by Crippen LogP contribution is -2.52. The minimum Gasteiger partial charge on any atom is -0.372 e. The topological polar surface area (TPSA) is 78.5 Å². The summed E-state index contributed by atoms with van der Waals surface area (Å²) in [5, 5.41) is 6.11. The van der Waals surface area contributed by atoms with Crippen LogP contribution in [0.3, 0.4) is 0 Å². The molecule has 1 amide bonds. The zero-order valence-corrected chi connectivity index (χ0v) is 16.4. The minimum absolute atomic E-state index is 0.0855. The van der Waals surface area contributed by atoms with Crippen molar-refractivity contribution in [3.05, 3.63) is 24.3 Å². The van der Waals surface area contributed by atoms with Crippen molar-refractivity contribution in [3.8, 4) is 0 Å². The number of nitrogens with zero attached hydrogens (tertiary/aromatic N) is 1. The fraction of sp³-hybridized carbons (Fsp3) is 0.632. The van der Waals surface area contributed by atoms with Crippen LogP contribution in [0.4, 0.5) is 11.4 Å². The average molecular weight is 380 g/mol. The van der Waals surface area contributed by atoms with Crippen LogP contribution in [-0.4, -0.2) is 50.5 Å². The van der Waals surface area contributed by atoms with Gasteiger partial charge in [0.2, 0.25) is 5.91 Å². The highest BCUT2D eigenvalue weighted by Crippen LogP contribution is 2.24. The van der Waals surface area contributed by atoms with Gasteiger partial charge in [-0.25, -0.2) is 8.42 Å². The number of amides is 1. The van der Waals surface area contributed by atoms with Crippen LogP contribution in [0.1, 0.15) is 39.5 Å². The Labute approximate surface area is 156 Å². The summed E-state index contributed by atoms with van der Waals surface area (Å²) in [6.45, 7) is 5.82. The maximum absolute atomic E-state index is 12.5. The Kier molecular flexibility index (Phi) is 5.58. The van der Waals surface area contributed by atoms with Gasteiger partial charge in [-0.05, 0) is 63.8 Å². The number of rotatable bonds is 5. The van der Waals surface area contributed by atoms with Crippen molar-refractivity contribution in [2.24, 2.45) is 0 Å². The minimum atomic E-state index is -3.00. The first-order valence-electron chi connectivity index (χ1n) is 9.40. The molecule has 1 aromatic carbocycles. The molecule has 0 bridgehead atoms. The van der Waals surface area contributed by atoms with Gasteiger partial charge in [-0.3, -0.25) is 10.1 Å². The summed E-state index contributed by atoms with van der Waals surface area (Å²) >= 11 is 0. The van der Waals surface area contributed by atoms with Crippen LogP contribution in [0.15, 0.2) is 24.3 Å². The van der Waals surface area contributed by atoms with E-state index in [1.165, 1.54) is 24.9 Å². The number of benzene rings is 1. The van der Waals surface area contributed by atoms with E-state index in [0.29, 0.717) is 6.42 Å². The summed E-state index contributed by atoms with van der Waals surface area (Å²) in [6.07, 6.45) is 4.31. The molecule has 7 heteroatoms. The Bertz CT molecular complexity index is 742. The van der Waals surface area contributed by atoms with E-state index in [0.717, 1.165) is 18.8 Å². The highest BCUT2D eigenvalue weighted by Gasteiger charge is 2.39. The van der Waals surface area contributed by atoms with Gasteiger partial charge in [0.25, 0.3) is 0 Å². The van der Waals surface area contributed by atoms with E-state index >= 15 is 0 Å². The molecule has 0 saturated carbocycles. The van der Waals surface area contributed by atoms with Crippen LogP contribution in [-0.2, 0) is 14.6 Å². The van der Waals surface area contributed by atoms with E-state index in [-0.39, 0.29) is 17.4 Å². The maximum atomic E-state index is 12.5. The lowest BCUT2D eigenvalue weighted by molar-refractivity contribution is -0.118. The average Bonchev–Trinajstić information content (AvgIpc) is 2.89. The summed E-state index contributed by atoms with van der Waals surface area (Å²) in [5.41, 5.74) is 1.42. The second-order valence-electron chi connectivity index (χ2n) is 7.85. The quantitative estimate of drug-likeness (QED) is 0.820. The molecule has 3 rings (SSSR count). The SMILES string of the molecule is CC(NC1(C)CCS(=O)(=O)C1)C(=O)Nc1ccc(N2CCCCC2)cc1. The molecule has 144 valence electrons. The zero-order chi connectivity index (χ0) is 18.8. The van der Waals surface area contributed by atoms with Gasteiger partial charge in [-0.1, -0.05) is 0 Å². The molecular weight excluding hydrogens is 350 g/mol. The molecule has 2 N–H and O–H groups in total. The molecule has 2 saturated heterocycles. The lowest BCUT2D eigenvalue weighted by atomic mass is 10.0. The predicted molar refractivity (Wildman–Crippen MR) is 105 cm³/mol. The van der Waals surface area contributed by atoms with Crippen molar-refractivity contribution in [3.63, 3.8) is 0 Å². The molecule has 0 aliphatic carbocycles. The van der Waals surface area contributed by atoms with Gasteiger partial charge in [0, 0.05) is 30.0 Å². The number of carbonyl (C=O) groups excluding carboxylic acids is 1. The smallest absolute Gasteiger partial charge is 0.241 e. The number of sulfone groups is 1. The third kappa shape index (κ3) is 4.76. The Hall–Kier alpha value is -1.60. The monoisotopic (exact) mass is 379 g/mol. The number of carbonyl (C=O) groups is 1. The first-order chi connectivity index (χ1) is 12.3. The molecule has 26 heavy (non-hydrogen) atoms. The molecule has 0 spiro atoms. The van der Waals surface area contributed by atoms with Gasteiger partial charge in [-0.2, -0.15) is 0 Å². The van der Waals surface area contributed by atoms with Gasteiger partial charge in [-0.15, -0.1) is 0 Å². The molecule has 1 aromatic rings. The summed E-state index contributed by atoms with van der Waals surface area (Å²) in [4.78, 5) is 14.8. The zero-order valence-electron chi connectivity index (χ0n) is 15.6. The van der Waals surface area contributed by atoms with Crippen LogP contribution < -0.4 is 15.5 Å². The summed E-state index contributed by atoms with van der Waals surface area (Å²) in [7, 11) is -3.00. The van der Waals surface area contributed by atoms with E-state index in [1.807, 2.05) is 31.2 Å². The van der Waals surface area contributed by atoms with E-state index in [9.17, 15) is 13.2 Å². The third-order valence-electron chi connectivity index (χ3n) is 5.32. The number of piperidine rings is 1. The summed E-state index contributed by atoms with van der Waals surface area (Å²) in [6, 6.07) is 7.48. The third-order valence-corrected chi connectivity index (χ3v) is 7.22. The molecule has 2 aliphatic heterocycles. The van der Waals surface area contributed by atoms with Crippen LogP contribution in [0.2, 0.25) is 0 Å². The normalized spacial score (nSPS) is 26.5. The van der Waals surface area contributed by atoms with Gasteiger partial charge in [0.1, 0.15) is 0 Å². The Morgan fingerprint density at radius 2 is 1.81 bits per heavy atom. The molecule has 2 aliphatic rings. The Morgan fingerprint density at radius 3 is 2.38 bits per heavy atom. The highest BCUT2D eigenvalue weighted by molar-refractivity contribution is 7.91. The second-order valence-corrected chi connectivity index (χ2v) is 10.0. The van der Waals surface area contributed by atoms with Crippen molar-refractivity contribution < 1.29 is 13.2 Å². The van der Waals surface area contributed by atoms with E-state index in [4.69, 9.17) is 0 Å². The first-order valence-corrected chi connectivity index (χ1v) is 11.2. The molecule has 0 aromatic heterocycles. The fourth-order valence-electron chi connectivity index (χ4n) is 3.87. The molecule has 6 nitrogen and oxygen atoms in total. The van der Waals surface area contributed by atoms with Crippen molar-refractivity contribution in [2.45, 2.75) is 51.1 Å². The summed E-state index contributed by atoms with van der Waals surface area (Å²) < 4.78 is 23.4. The number of hydrogen-bond donors (Lipinski definition) is 2. The lowest BCUT2D eigenvalue weighted by Gasteiger charge is -2.29. The Balaban J connectivity index is 1.55. The van der Waals surface area contributed by atoms with E-state index < -0.39 is 21.4 Å². The molecule has 2 unspecified atom stereocenters. The molecule has 2 atom stereocenters. The Morgan fingerprint density at radius 1 is 1.15 bits per heavy atom. The molecule has 2 fully saturated rings. The van der Waals surface area contributed by atoms with E-state index in [2.05, 4.69) is 15.5 Å². The largest absolute Gasteiger partial charge is 0.372 e. The van der Waals surface area contributed by atoms with Crippen molar-refractivity contribution in [2.75, 3.05) is 34.8 Å². The van der Waals surface area contributed by atoms with Crippen molar-refractivity contribution in [1.82, 2.24) is 5.32 Å². The molecular formula is C19H29N3O3S. The summed E-state index contributed by atoms with van der Waals surface area (Å²) in [5.74, 6) is 0.117. The van der Waals surface area contributed by atoms with Crippen LogP contribution in [0, 0.1) is 0 Å². The maximum Gasteiger partial charge on any atom is 0.241 e. The van der Waals surface area contributed by atoms with Gasteiger partial charge >= 0.3 is 0 Å². The van der Waals surface area contributed by atoms with Crippen LogP contribution in [0.5, 0.6) is 0 Å². The van der Waals surface area contributed by atoms with Gasteiger partial charge in [0.05, 0.1) is 17.5 Å². The first kappa shape index (κ1) is 19.2. The van der Waals surface area contributed by atoms with Gasteiger partial charge < -0.3 is 10.2 Å². The van der Waals surface area contributed by atoms with Crippen LogP contribution >= 0.6 is 0 Å². The molecule has 0 radical (unpaired) electrons. The molecule has 2 heterocycles. The number of hydrogen-bond acceptors (Lipinski definition) is 5. The fourth-order valence-corrected chi connectivity index (χ4v) is 5.98. The number of nitrogens with one attached hydrogen (secondary N) is 2. The second kappa shape index (κ2) is 7.56. The van der Waals surface area contributed by atoms with Gasteiger partial charge in [0.15, 0.2) is 9.84 Å².